The van der Waals surface area contributed by atoms with Gasteiger partial charge in [0.05, 0.1) is 11.0 Å². The first-order chi connectivity index (χ1) is 13.1. The van der Waals surface area contributed by atoms with Crippen molar-refractivity contribution in [3.8, 4) is 0 Å². The molecule has 0 fully saturated rings. The second-order valence-electron chi connectivity index (χ2n) is 6.53. The maximum atomic E-state index is 12.5. The van der Waals surface area contributed by atoms with E-state index in [1.807, 2.05) is 42.5 Å². The van der Waals surface area contributed by atoms with E-state index in [1.165, 1.54) is 0 Å². The van der Waals surface area contributed by atoms with Crippen molar-refractivity contribution < 1.29 is 4.79 Å². The molecular weight excluding hydrogens is 336 g/mol. The number of fused-ring (bicyclic) bond motifs is 1. The maximum Gasteiger partial charge on any atom is 0.255 e. The minimum absolute atomic E-state index is 0.157. The molecule has 0 unspecified atom stereocenters. The number of aromatic amines is 1. The molecule has 0 aliphatic carbocycles. The molecule has 4 aromatic rings. The highest BCUT2D eigenvalue weighted by Crippen LogP contribution is 2.25. The predicted octanol–water partition coefficient (Wildman–Crippen LogP) is 5.18. The van der Waals surface area contributed by atoms with Gasteiger partial charge < -0.3 is 15.6 Å². The van der Waals surface area contributed by atoms with Gasteiger partial charge in [0.1, 0.15) is 0 Å². The number of benzene rings is 3. The van der Waals surface area contributed by atoms with E-state index >= 15 is 0 Å². The van der Waals surface area contributed by atoms with Crippen molar-refractivity contribution in [2.24, 2.45) is 0 Å². The quantitative estimate of drug-likeness (QED) is 0.472. The summed E-state index contributed by atoms with van der Waals surface area (Å²) >= 11 is 0. The Kier molecular flexibility index (Phi) is 4.34. The SMILES string of the molecule is Cc1cccc(C)c1Nc1nc2cc(C(=O)Nc3ccccc3)ccc2[nH]1. The molecular formula is C22H20N4O. The molecule has 5 nitrogen and oxygen atoms in total. The number of para-hydroxylation sites is 2. The van der Waals surface area contributed by atoms with Crippen LogP contribution < -0.4 is 10.6 Å². The molecule has 0 radical (unpaired) electrons. The number of aromatic nitrogens is 2. The van der Waals surface area contributed by atoms with Gasteiger partial charge in [-0.25, -0.2) is 4.98 Å². The van der Waals surface area contributed by atoms with Crippen LogP contribution in [-0.4, -0.2) is 15.9 Å². The Morgan fingerprint density at radius 3 is 2.41 bits per heavy atom. The van der Waals surface area contributed by atoms with Crippen molar-refractivity contribution in [3.63, 3.8) is 0 Å². The van der Waals surface area contributed by atoms with E-state index in [9.17, 15) is 4.79 Å². The third kappa shape index (κ3) is 3.53. The molecule has 3 aromatic carbocycles. The Balaban J connectivity index is 1.59. The summed E-state index contributed by atoms with van der Waals surface area (Å²) in [5, 5.41) is 6.24. The van der Waals surface area contributed by atoms with Crippen LogP contribution in [0, 0.1) is 13.8 Å². The molecule has 0 saturated heterocycles. The van der Waals surface area contributed by atoms with Gasteiger partial charge in [0, 0.05) is 16.9 Å². The third-order valence-corrected chi connectivity index (χ3v) is 4.50. The van der Waals surface area contributed by atoms with Gasteiger partial charge in [0.2, 0.25) is 5.95 Å². The minimum atomic E-state index is -0.157. The number of rotatable bonds is 4. The number of aryl methyl sites for hydroxylation is 2. The van der Waals surface area contributed by atoms with E-state index in [1.54, 1.807) is 12.1 Å². The van der Waals surface area contributed by atoms with Gasteiger partial charge in [-0.2, -0.15) is 0 Å². The highest BCUT2D eigenvalue weighted by molar-refractivity contribution is 6.06. The zero-order valence-corrected chi connectivity index (χ0v) is 15.2. The Labute approximate surface area is 157 Å². The van der Waals surface area contributed by atoms with Crippen molar-refractivity contribution >= 4 is 34.3 Å². The summed E-state index contributed by atoms with van der Waals surface area (Å²) in [7, 11) is 0. The Morgan fingerprint density at radius 2 is 1.67 bits per heavy atom. The molecule has 1 amide bonds. The number of anilines is 3. The molecule has 0 saturated carbocycles. The maximum absolute atomic E-state index is 12.5. The van der Waals surface area contributed by atoms with Crippen molar-refractivity contribution in [3.05, 3.63) is 83.4 Å². The lowest BCUT2D eigenvalue weighted by Gasteiger charge is -2.09. The van der Waals surface area contributed by atoms with E-state index in [2.05, 4.69) is 46.6 Å². The van der Waals surface area contributed by atoms with Crippen LogP contribution >= 0.6 is 0 Å². The summed E-state index contributed by atoms with van der Waals surface area (Å²) in [6, 6.07) is 21.0. The molecule has 0 spiro atoms. The van der Waals surface area contributed by atoms with Crippen LogP contribution in [0.15, 0.2) is 66.7 Å². The zero-order chi connectivity index (χ0) is 18.8. The Hall–Kier alpha value is -3.60. The molecule has 5 heteroatoms. The molecule has 27 heavy (non-hydrogen) atoms. The molecule has 1 heterocycles. The van der Waals surface area contributed by atoms with Gasteiger partial charge in [-0.3, -0.25) is 4.79 Å². The molecule has 0 aliphatic rings. The van der Waals surface area contributed by atoms with Gasteiger partial charge in [-0.15, -0.1) is 0 Å². The zero-order valence-electron chi connectivity index (χ0n) is 15.2. The fourth-order valence-corrected chi connectivity index (χ4v) is 3.06. The first kappa shape index (κ1) is 16.8. The fourth-order valence-electron chi connectivity index (χ4n) is 3.06. The monoisotopic (exact) mass is 356 g/mol. The van der Waals surface area contributed by atoms with Gasteiger partial charge >= 0.3 is 0 Å². The van der Waals surface area contributed by atoms with E-state index in [0.717, 1.165) is 33.5 Å². The average Bonchev–Trinajstić information content (AvgIpc) is 3.07. The number of amides is 1. The summed E-state index contributed by atoms with van der Waals surface area (Å²) < 4.78 is 0. The molecule has 4 rings (SSSR count). The van der Waals surface area contributed by atoms with Crippen LogP contribution in [-0.2, 0) is 0 Å². The lowest BCUT2D eigenvalue weighted by molar-refractivity contribution is 0.102. The van der Waals surface area contributed by atoms with Crippen molar-refractivity contribution in [1.82, 2.24) is 9.97 Å². The van der Waals surface area contributed by atoms with Gasteiger partial charge in [-0.1, -0.05) is 36.4 Å². The normalized spacial score (nSPS) is 10.7. The van der Waals surface area contributed by atoms with E-state index in [0.29, 0.717) is 11.5 Å². The summed E-state index contributed by atoms with van der Waals surface area (Å²) in [4.78, 5) is 20.3. The lowest BCUT2D eigenvalue weighted by atomic mass is 10.1. The van der Waals surface area contributed by atoms with Gasteiger partial charge in [-0.05, 0) is 55.3 Å². The number of hydrogen-bond donors (Lipinski definition) is 3. The van der Waals surface area contributed by atoms with Gasteiger partial charge in [0.25, 0.3) is 5.91 Å². The largest absolute Gasteiger partial charge is 0.325 e. The van der Waals surface area contributed by atoms with Crippen LogP contribution in [0.5, 0.6) is 0 Å². The summed E-state index contributed by atoms with van der Waals surface area (Å²) in [6.45, 7) is 4.12. The molecule has 1 aromatic heterocycles. The lowest BCUT2D eigenvalue weighted by Crippen LogP contribution is -2.11. The van der Waals surface area contributed by atoms with E-state index < -0.39 is 0 Å². The molecule has 0 atom stereocenters. The minimum Gasteiger partial charge on any atom is -0.325 e. The van der Waals surface area contributed by atoms with Crippen LogP contribution in [0.1, 0.15) is 21.5 Å². The number of carbonyl (C=O) groups excluding carboxylic acids is 1. The van der Waals surface area contributed by atoms with E-state index in [-0.39, 0.29) is 5.91 Å². The molecule has 3 N–H and O–H groups in total. The van der Waals surface area contributed by atoms with E-state index in [4.69, 9.17) is 0 Å². The number of carbonyl (C=O) groups is 1. The average molecular weight is 356 g/mol. The molecule has 0 aliphatic heterocycles. The first-order valence-electron chi connectivity index (χ1n) is 8.79. The van der Waals surface area contributed by atoms with Crippen LogP contribution in [0.2, 0.25) is 0 Å². The van der Waals surface area contributed by atoms with Crippen molar-refractivity contribution in [1.29, 1.82) is 0 Å². The summed E-state index contributed by atoms with van der Waals surface area (Å²) in [6.07, 6.45) is 0. The first-order valence-corrected chi connectivity index (χ1v) is 8.79. The second kappa shape index (κ2) is 6.96. The number of imidazole rings is 1. The summed E-state index contributed by atoms with van der Waals surface area (Å²) in [5.74, 6) is 0.498. The topological polar surface area (TPSA) is 69.8 Å². The fraction of sp³-hybridized carbons (Fsp3) is 0.0909. The Morgan fingerprint density at radius 1 is 0.926 bits per heavy atom. The molecule has 0 bridgehead atoms. The third-order valence-electron chi connectivity index (χ3n) is 4.50. The number of hydrogen-bond acceptors (Lipinski definition) is 3. The van der Waals surface area contributed by atoms with Gasteiger partial charge in [0.15, 0.2) is 0 Å². The number of H-pyrrole nitrogens is 1. The van der Waals surface area contributed by atoms with Crippen LogP contribution in [0.4, 0.5) is 17.3 Å². The predicted molar refractivity (Wildman–Crippen MR) is 110 cm³/mol. The van der Waals surface area contributed by atoms with Crippen molar-refractivity contribution in [2.45, 2.75) is 13.8 Å². The smallest absolute Gasteiger partial charge is 0.255 e. The van der Waals surface area contributed by atoms with Crippen molar-refractivity contribution in [2.75, 3.05) is 10.6 Å². The Bertz CT molecular complexity index is 1100. The van der Waals surface area contributed by atoms with Crippen LogP contribution in [0.25, 0.3) is 11.0 Å². The molecule has 134 valence electrons. The highest BCUT2D eigenvalue weighted by Gasteiger charge is 2.11. The summed E-state index contributed by atoms with van der Waals surface area (Å²) in [5.41, 5.74) is 6.29. The second-order valence-corrected chi connectivity index (χ2v) is 6.53. The highest BCUT2D eigenvalue weighted by atomic mass is 16.1. The standard InChI is InChI=1S/C22H20N4O/c1-14-7-6-8-15(2)20(14)26-22-24-18-12-11-16(13-19(18)25-22)21(27)23-17-9-4-3-5-10-17/h3-13H,1-2H3,(H,23,27)(H2,24,25,26). The van der Waals surface area contributed by atoms with Crippen LogP contribution in [0.3, 0.4) is 0 Å². The number of nitrogens with one attached hydrogen (secondary N) is 3. The number of nitrogens with zero attached hydrogens (tertiary/aromatic N) is 1.